The highest BCUT2D eigenvalue weighted by molar-refractivity contribution is 9.10. The number of rotatable bonds is 3. The van der Waals surface area contributed by atoms with Gasteiger partial charge in [0.2, 0.25) is 0 Å². The van der Waals surface area contributed by atoms with Crippen LogP contribution >= 0.6 is 15.9 Å². The first-order chi connectivity index (χ1) is 11.1. The summed E-state index contributed by atoms with van der Waals surface area (Å²) in [6.45, 7) is 1.24. The average molecular weight is 377 g/mol. The molecule has 2 amide bonds. The van der Waals surface area contributed by atoms with E-state index in [1.165, 1.54) is 0 Å². The maximum Gasteiger partial charge on any atom is 0.325 e. The fourth-order valence-corrected chi connectivity index (χ4v) is 3.06. The quantitative estimate of drug-likeness (QED) is 0.825. The molecule has 0 spiro atoms. The van der Waals surface area contributed by atoms with Crippen LogP contribution in [-0.4, -0.2) is 47.1 Å². The molecule has 0 aliphatic carbocycles. The van der Waals surface area contributed by atoms with Crippen LogP contribution in [0.25, 0.3) is 0 Å². The van der Waals surface area contributed by atoms with Crippen molar-refractivity contribution in [2.24, 2.45) is 0 Å². The lowest BCUT2D eigenvalue weighted by molar-refractivity contribution is 0.191. The lowest BCUT2D eigenvalue weighted by Crippen LogP contribution is -2.41. The normalized spacial score (nSPS) is 17.1. The molecule has 2 aromatic heterocycles. The van der Waals surface area contributed by atoms with Crippen LogP contribution in [0.5, 0.6) is 5.75 Å². The van der Waals surface area contributed by atoms with E-state index in [0.29, 0.717) is 18.9 Å². The minimum absolute atomic E-state index is 0.00178. The SMILES string of the molecule is CN(C(=O)N1CCC(Oc2ccncc2)C1)c1ncccc1Br. The number of carbonyl (C=O) groups is 1. The van der Waals surface area contributed by atoms with E-state index in [-0.39, 0.29) is 12.1 Å². The van der Waals surface area contributed by atoms with E-state index in [1.54, 1.807) is 35.4 Å². The van der Waals surface area contributed by atoms with Gasteiger partial charge in [-0.1, -0.05) is 0 Å². The first-order valence-electron chi connectivity index (χ1n) is 7.35. The Balaban J connectivity index is 1.62. The number of hydrogen-bond donors (Lipinski definition) is 0. The van der Waals surface area contributed by atoms with Crippen LogP contribution in [0.3, 0.4) is 0 Å². The second-order valence-electron chi connectivity index (χ2n) is 5.31. The number of carbonyl (C=O) groups excluding carboxylic acids is 1. The molecule has 1 unspecified atom stereocenters. The van der Waals surface area contributed by atoms with Gasteiger partial charge in [0, 0.05) is 38.6 Å². The minimum Gasteiger partial charge on any atom is -0.488 e. The maximum absolute atomic E-state index is 12.6. The molecule has 0 N–H and O–H groups in total. The van der Waals surface area contributed by atoms with E-state index < -0.39 is 0 Å². The number of anilines is 1. The molecule has 0 saturated carbocycles. The highest BCUT2D eigenvalue weighted by Crippen LogP contribution is 2.24. The van der Waals surface area contributed by atoms with Gasteiger partial charge in [0.15, 0.2) is 5.82 Å². The number of amides is 2. The minimum atomic E-state index is -0.0785. The van der Waals surface area contributed by atoms with Crippen LogP contribution in [0.4, 0.5) is 10.6 Å². The van der Waals surface area contributed by atoms with Crippen molar-refractivity contribution in [3.63, 3.8) is 0 Å². The molecular formula is C16H17BrN4O2. The molecule has 0 radical (unpaired) electrons. The third kappa shape index (κ3) is 3.61. The fourth-order valence-electron chi connectivity index (χ4n) is 2.53. The zero-order valence-electron chi connectivity index (χ0n) is 12.7. The number of nitrogens with zero attached hydrogens (tertiary/aromatic N) is 4. The second-order valence-corrected chi connectivity index (χ2v) is 6.16. The van der Waals surface area contributed by atoms with Crippen LogP contribution in [0.1, 0.15) is 6.42 Å². The van der Waals surface area contributed by atoms with Gasteiger partial charge >= 0.3 is 6.03 Å². The number of hydrogen-bond acceptors (Lipinski definition) is 4. The lowest BCUT2D eigenvalue weighted by Gasteiger charge is -2.24. The number of likely N-dealkylation sites (tertiary alicyclic amines) is 1. The van der Waals surface area contributed by atoms with Crippen LogP contribution < -0.4 is 9.64 Å². The predicted molar refractivity (Wildman–Crippen MR) is 90.6 cm³/mol. The van der Waals surface area contributed by atoms with Gasteiger partial charge in [-0.3, -0.25) is 9.88 Å². The van der Waals surface area contributed by atoms with Gasteiger partial charge in [0.05, 0.1) is 11.0 Å². The van der Waals surface area contributed by atoms with E-state index in [0.717, 1.165) is 16.6 Å². The summed E-state index contributed by atoms with van der Waals surface area (Å²) in [6.07, 6.45) is 5.87. The molecule has 3 heterocycles. The number of pyridine rings is 2. The molecule has 1 saturated heterocycles. The molecule has 1 aliphatic heterocycles. The zero-order chi connectivity index (χ0) is 16.2. The van der Waals surface area contributed by atoms with Gasteiger partial charge in [-0.15, -0.1) is 0 Å². The van der Waals surface area contributed by atoms with Gasteiger partial charge < -0.3 is 9.64 Å². The summed E-state index contributed by atoms with van der Waals surface area (Å²) in [5.74, 6) is 1.39. The van der Waals surface area contributed by atoms with Crippen molar-refractivity contribution in [2.45, 2.75) is 12.5 Å². The Morgan fingerprint density at radius 2 is 2.13 bits per heavy atom. The van der Waals surface area contributed by atoms with E-state index in [9.17, 15) is 4.79 Å². The first kappa shape index (κ1) is 15.7. The Morgan fingerprint density at radius 3 is 2.87 bits per heavy atom. The Bertz CT molecular complexity index is 683. The summed E-state index contributed by atoms with van der Waals surface area (Å²) in [6, 6.07) is 7.25. The van der Waals surface area contributed by atoms with Crippen LogP contribution in [0.2, 0.25) is 0 Å². The lowest BCUT2D eigenvalue weighted by atomic mass is 10.3. The maximum atomic E-state index is 12.6. The molecule has 120 valence electrons. The van der Waals surface area contributed by atoms with Crippen molar-refractivity contribution in [2.75, 3.05) is 25.0 Å². The molecular weight excluding hydrogens is 360 g/mol. The average Bonchev–Trinajstić information content (AvgIpc) is 3.03. The Kier molecular flexibility index (Phi) is 4.76. The monoisotopic (exact) mass is 376 g/mol. The highest BCUT2D eigenvalue weighted by Gasteiger charge is 2.30. The van der Waals surface area contributed by atoms with Gasteiger partial charge in [-0.05, 0) is 40.2 Å². The molecule has 6 nitrogen and oxygen atoms in total. The summed E-state index contributed by atoms with van der Waals surface area (Å²) in [5, 5.41) is 0. The van der Waals surface area contributed by atoms with E-state index in [4.69, 9.17) is 4.74 Å². The number of ether oxygens (including phenoxy) is 1. The third-order valence-corrected chi connectivity index (χ3v) is 4.33. The Hall–Kier alpha value is -2.15. The molecule has 23 heavy (non-hydrogen) atoms. The summed E-state index contributed by atoms with van der Waals surface area (Å²) in [7, 11) is 1.73. The largest absolute Gasteiger partial charge is 0.488 e. The standard InChI is InChI=1S/C16H17BrN4O2/c1-20(15-14(17)3-2-7-19-15)16(22)21-10-6-13(11-21)23-12-4-8-18-9-5-12/h2-5,7-9,13H,6,10-11H2,1H3. The molecule has 2 aromatic rings. The van der Waals surface area contributed by atoms with E-state index in [2.05, 4.69) is 25.9 Å². The Morgan fingerprint density at radius 1 is 1.35 bits per heavy atom. The molecule has 0 bridgehead atoms. The van der Waals surface area contributed by atoms with Crippen molar-refractivity contribution >= 4 is 27.8 Å². The van der Waals surface area contributed by atoms with Gasteiger partial charge in [-0.25, -0.2) is 9.78 Å². The first-order valence-corrected chi connectivity index (χ1v) is 8.14. The Labute approximate surface area is 143 Å². The van der Waals surface area contributed by atoms with Gasteiger partial charge in [0.1, 0.15) is 11.9 Å². The number of urea groups is 1. The molecule has 7 heteroatoms. The van der Waals surface area contributed by atoms with E-state index in [1.807, 2.05) is 24.3 Å². The molecule has 3 rings (SSSR count). The molecule has 1 fully saturated rings. The molecule has 0 aromatic carbocycles. The number of aromatic nitrogens is 2. The zero-order valence-corrected chi connectivity index (χ0v) is 14.3. The molecule has 1 atom stereocenters. The number of halogens is 1. The van der Waals surface area contributed by atoms with Gasteiger partial charge in [-0.2, -0.15) is 0 Å². The van der Waals surface area contributed by atoms with Crippen molar-refractivity contribution in [3.05, 3.63) is 47.3 Å². The third-order valence-electron chi connectivity index (χ3n) is 3.71. The second kappa shape index (κ2) is 6.95. The highest BCUT2D eigenvalue weighted by atomic mass is 79.9. The van der Waals surface area contributed by atoms with Crippen molar-refractivity contribution in [1.29, 1.82) is 0 Å². The van der Waals surface area contributed by atoms with E-state index >= 15 is 0 Å². The summed E-state index contributed by atoms with van der Waals surface area (Å²) >= 11 is 3.42. The molecule has 1 aliphatic rings. The summed E-state index contributed by atoms with van der Waals surface area (Å²) in [5.41, 5.74) is 0. The predicted octanol–water partition coefficient (Wildman–Crippen LogP) is 2.95. The van der Waals surface area contributed by atoms with Crippen molar-refractivity contribution in [1.82, 2.24) is 14.9 Å². The summed E-state index contributed by atoms with van der Waals surface area (Å²) < 4.78 is 6.68. The van der Waals surface area contributed by atoms with Gasteiger partial charge in [0.25, 0.3) is 0 Å². The van der Waals surface area contributed by atoms with Crippen LogP contribution in [-0.2, 0) is 0 Å². The van der Waals surface area contributed by atoms with Crippen LogP contribution in [0, 0.1) is 0 Å². The smallest absolute Gasteiger partial charge is 0.325 e. The van der Waals surface area contributed by atoms with Crippen molar-refractivity contribution < 1.29 is 9.53 Å². The van der Waals surface area contributed by atoms with Crippen LogP contribution in [0.15, 0.2) is 47.3 Å². The summed E-state index contributed by atoms with van der Waals surface area (Å²) in [4.78, 5) is 24.2. The topological polar surface area (TPSA) is 58.6 Å². The fraction of sp³-hybridized carbons (Fsp3) is 0.312. The van der Waals surface area contributed by atoms with Crippen molar-refractivity contribution in [3.8, 4) is 5.75 Å².